The third-order valence-electron chi connectivity index (χ3n) is 6.83. The third-order valence-corrected chi connectivity index (χ3v) is 6.83. The fourth-order valence-corrected chi connectivity index (χ4v) is 4.71. The molecule has 0 heterocycles. The fourth-order valence-electron chi connectivity index (χ4n) is 4.71. The topological polar surface area (TPSA) is 27.0 Å². The van der Waals surface area contributed by atoms with E-state index in [4.69, 9.17) is 0 Å². The first kappa shape index (κ1) is 22.4. The predicted molar refractivity (Wildman–Crippen MR) is 117 cm³/mol. The van der Waals surface area contributed by atoms with Gasteiger partial charge in [0.05, 0.1) is 11.5 Å². The molecule has 0 radical (unpaired) electrons. The maximum Gasteiger partial charge on any atom is 0.159 e. The highest BCUT2D eigenvalue weighted by Crippen LogP contribution is 2.47. The van der Waals surface area contributed by atoms with Crippen molar-refractivity contribution in [1.29, 1.82) is 5.26 Å². The SMILES string of the molecule is CC(C)N(Cc1ccccc1)C(C)CCC(C#N)(c1ccc(F)c(F)c1)C1CCC1. The van der Waals surface area contributed by atoms with Gasteiger partial charge in [0.2, 0.25) is 0 Å². The molecule has 1 saturated carbocycles. The van der Waals surface area contributed by atoms with Gasteiger partial charge < -0.3 is 0 Å². The van der Waals surface area contributed by atoms with Crippen molar-refractivity contribution in [3.05, 3.63) is 71.3 Å². The molecule has 0 spiro atoms. The summed E-state index contributed by atoms with van der Waals surface area (Å²) < 4.78 is 27.6. The van der Waals surface area contributed by atoms with Crippen LogP contribution >= 0.6 is 0 Å². The zero-order valence-corrected chi connectivity index (χ0v) is 18.2. The van der Waals surface area contributed by atoms with E-state index in [-0.39, 0.29) is 12.0 Å². The van der Waals surface area contributed by atoms with Gasteiger partial charge in [0, 0.05) is 18.6 Å². The summed E-state index contributed by atoms with van der Waals surface area (Å²) in [7, 11) is 0. The molecule has 2 atom stereocenters. The van der Waals surface area contributed by atoms with Crippen molar-refractivity contribution < 1.29 is 8.78 Å². The fraction of sp³-hybridized carbons (Fsp3) is 0.500. The lowest BCUT2D eigenvalue weighted by Gasteiger charge is -2.42. The van der Waals surface area contributed by atoms with Gasteiger partial charge in [0.1, 0.15) is 0 Å². The Morgan fingerprint density at radius 1 is 1.07 bits per heavy atom. The quantitative estimate of drug-likeness (QED) is 0.465. The molecule has 0 saturated heterocycles. The van der Waals surface area contributed by atoms with Crippen molar-refractivity contribution in [3.8, 4) is 6.07 Å². The summed E-state index contributed by atoms with van der Waals surface area (Å²) in [6, 6.07) is 17.6. The molecule has 30 heavy (non-hydrogen) atoms. The molecule has 2 aromatic rings. The lowest BCUT2D eigenvalue weighted by atomic mass is 9.60. The van der Waals surface area contributed by atoms with Gasteiger partial charge in [-0.05, 0) is 75.6 Å². The van der Waals surface area contributed by atoms with Gasteiger partial charge in [-0.15, -0.1) is 0 Å². The molecule has 0 aromatic heterocycles. The van der Waals surface area contributed by atoms with Gasteiger partial charge >= 0.3 is 0 Å². The van der Waals surface area contributed by atoms with Crippen LogP contribution in [-0.2, 0) is 12.0 Å². The lowest BCUT2D eigenvalue weighted by molar-refractivity contribution is 0.126. The molecule has 4 heteroatoms. The minimum atomic E-state index is -0.868. The molecular weight excluding hydrogens is 378 g/mol. The normalized spacial score (nSPS) is 17.4. The van der Waals surface area contributed by atoms with Crippen molar-refractivity contribution in [2.24, 2.45) is 5.92 Å². The lowest BCUT2D eigenvalue weighted by Crippen LogP contribution is -2.42. The predicted octanol–water partition coefficient (Wildman–Crippen LogP) is 6.61. The molecule has 0 N–H and O–H groups in total. The van der Waals surface area contributed by atoms with Gasteiger partial charge in [-0.25, -0.2) is 8.78 Å². The van der Waals surface area contributed by atoms with E-state index < -0.39 is 17.0 Å². The number of hydrogen-bond donors (Lipinski definition) is 0. The van der Waals surface area contributed by atoms with Crippen molar-refractivity contribution in [3.63, 3.8) is 0 Å². The summed E-state index contributed by atoms with van der Waals surface area (Å²) in [6.45, 7) is 7.45. The number of hydrogen-bond acceptors (Lipinski definition) is 2. The van der Waals surface area contributed by atoms with E-state index in [1.807, 2.05) is 6.07 Å². The Bertz CT molecular complexity index is 870. The largest absolute Gasteiger partial charge is 0.294 e. The standard InChI is InChI=1S/C26H32F2N2/c1-19(2)30(17-21-8-5-4-6-9-21)20(3)14-15-26(18-29,22-10-7-11-22)23-12-13-24(27)25(28)16-23/h4-6,8-9,12-13,16,19-20,22H,7,10-11,14-15,17H2,1-3H3. The van der Waals surface area contributed by atoms with E-state index in [0.717, 1.165) is 38.3 Å². The highest BCUT2D eigenvalue weighted by molar-refractivity contribution is 5.35. The van der Waals surface area contributed by atoms with Crippen LogP contribution in [-0.4, -0.2) is 17.0 Å². The Morgan fingerprint density at radius 3 is 2.30 bits per heavy atom. The molecule has 2 unspecified atom stereocenters. The minimum Gasteiger partial charge on any atom is -0.294 e. The van der Waals surface area contributed by atoms with Crippen LogP contribution in [0.1, 0.15) is 64.0 Å². The number of nitriles is 1. The van der Waals surface area contributed by atoms with E-state index in [1.165, 1.54) is 11.6 Å². The number of benzene rings is 2. The van der Waals surface area contributed by atoms with Gasteiger partial charge in [0.15, 0.2) is 11.6 Å². The highest BCUT2D eigenvalue weighted by Gasteiger charge is 2.44. The summed E-state index contributed by atoms with van der Waals surface area (Å²) in [4.78, 5) is 2.45. The summed E-state index contributed by atoms with van der Waals surface area (Å²) >= 11 is 0. The zero-order chi connectivity index (χ0) is 21.7. The average molecular weight is 411 g/mol. The van der Waals surface area contributed by atoms with E-state index in [1.54, 1.807) is 6.07 Å². The molecule has 2 nitrogen and oxygen atoms in total. The Morgan fingerprint density at radius 2 is 1.77 bits per heavy atom. The number of rotatable bonds is 9. The second kappa shape index (κ2) is 9.71. The van der Waals surface area contributed by atoms with Crippen molar-refractivity contribution >= 4 is 0 Å². The van der Waals surface area contributed by atoms with Crippen molar-refractivity contribution in [1.82, 2.24) is 4.90 Å². The van der Waals surface area contributed by atoms with Crippen LogP contribution in [0.5, 0.6) is 0 Å². The molecule has 3 rings (SSSR count). The van der Waals surface area contributed by atoms with E-state index >= 15 is 0 Å². The first-order chi connectivity index (χ1) is 14.4. The Hall–Kier alpha value is -2.25. The molecule has 1 aliphatic rings. The first-order valence-corrected chi connectivity index (χ1v) is 11.0. The van der Waals surface area contributed by atoms with Crippen molar-refractivity contribution in [2.75, 3.05) is 0 Å². The average Bonchev–Trinajstić information content (AvgIpc) is 2.70. The smallest absolute Gasteiger partial charge is 0.159 e. The van der Waals surface area contributed by atoms with E-state index in [0.29, 0.717) is 18.0 Å². The van der Waals surface area contributed by atoms with Crippen LogP contribution in [0, 0.1) is 28.9 Å². The monoisotopic (exact) mass is 410 g/mol. The number of nitrogens with zero attached hydrogens (tertiary/aromatic N) is 2. The zero-order valence-electron chi connectivity index (χ0n) is 18.2. The van der Waals surface area contributed by atoms with Crippen LogP contribution in [0.15, 0.2) is 48.5 Å². The molecule has 0 amide bonds. The second-order valence-corrected chi connectivity index (χ2v) is 8.98. The van der Waals surface area contributed by atoms with Gasteiger partial charge in [-0.2, -0.15) is 5.26 Å². The maximum atomic E-state index is 14.0. The summed E-state index contributed by atoms with van der Waals surface area (Å²) in [5, 5.41) is 10.2. The Kier molecular flexibility index (Phi) is 7.26. The van der Waals surface area contributed by atoms with Crippen LogP contribution in [0.4, 0.5) is 8.78 Å². The molecule has 160 valence electrons. The molecule has 0 aliphatic heterocycles. The Balaban J connectivity index is 1.80. The summed E-state index contributed by atoms with van der Waals surface area (Å²) in [6.07, 6.45) is 4.52. The molecule has 1 aliphatic carbocycles. The van der Waals surface area contributed by atoms with Gasteiger partial charge in [0.25, 0.3) is 0 Å². The maximum absolute atomic E-state index is 14.0. The van der Waals surface area contributed by atoms with E-state index in [2.05, 4.69) is 56.0 Å². The van der Waals surface area contributed by atoms with Crippen LogP contribution in [0.2, 0.25) is 0 Å². The highest BCUT2D eigenvalue weighted by atomic mass is 19.2. The minimum absolute atomic E-state index is 0.209. The number of halogens is 2. The van der Waals surface area contributed by atoms with Gasteiger partial charge in [-0.3, -0.25) is 4.90 Å². The van der Waals surface area contributed by atoms with Gasteiger partial charge in [-0.1, -0.05) is 42.8 Å². The third kappa shape index (κ3) is 4.73. The summed E-state index contributed by atoms with van der Waals surface area (Å²) in [5.41, 5.74) is 1.14. The molecular formula is C26H32F2N2. The van der Waals surface area contributed by atoms with E-state index in [9.17, 15) is 14.0 Å². The second-order valence-electron chi connectivity index (χ2n) is 8.98. The van der Waals surface area contributed by atoms with Crippen LogP contribution in [0.25, 0.3) is 0 Å². The molecule has 1 fully saturated rings. The van der Waals surface area contributed by atoms with Crippen molar-refractivity contribution in [2.45, 2.75) is 76.9 Å². The summed E-state index contributed by atoms with van der Waals surface area (Å²) in [5.74, 6) is -1.52. The first-order valence-electron chi connectivity index (χ1n) is 11.0. The van der Waals surface area contributed by atoms with Crippen LogP contribution < -0.4 is 0 Å². The van der Waals surface area contributed by atoms with Crippen LogP contribution in [0.3, 0.4) is 0 Å². The molecule has 0 bridgehead atoms. The molecule has 2 aromatic carbocycles. The Labute approximate surface area is 179 Å².